The highest BCUT2D eigenvalue weighted by Gasteiger charge is 2.33. The summed E-state index contributed by atoms with van der Waals surface area (Å²) in [6.07, 6.45) is 15.3. The maximum absolute atomic E-state index is 12.7. The molecule has 10 nitrogen and oxygen atoms in total. The molecule has 1 aromatic carbocycles. The lowest BCUT2D eigenvalue weighted by Gasteiger charge is -2.38. The molecule has 2 N–H and O–H groups in total. The number of anilines is 1. The van der Waals surface area contributed by atoms with Crippen LogP contribution >= 0.6 is 11.6 Å². The Bertz CT molecular complexity index is 1400. The summed E-state index contributed by atoms with van der Waals surface area (Å²) < 4.78 is 6.29. The number of nitrogens with zero attached hydrogens (tertiary/aromatic N) is 6. The number of aromatic nitrogens is 2. The van der Waals surface area contributed by atoms with Crippen LogP contribution in [0.2, 0.25) is 5.02 Å². The van der Waals surface area contributed by atoms with Crippen LogP contribution in [0, 0.1) is 5.92 Å². The van der Waals surface area contributed by atoms with Crippen molar-refractivity contribution in [3.63, 3.8) is 0 Å². The number of piperazine rings is 1. The first kappa shape index (κ1) is 37.0. The van der Waals surface area contributed by atoms with Crippen LogP contribution in [0.25, 0.3) is 0 Å². The van der Waals surface area contributed by atoms with E-state index >= 15 is 0 Å². The van der Waals surface area contributed by atoms with Gasteiger partial charge in [0.25, 0.3) is 0 Å². The Kier molecular flexibility index (Phi) is 13.0. The van der Waals surface area contributed by atoms with Gasteiger partial charge in [-0.1, -0.05) is 49.9 Å². The molecule has 5 aliphatic rings. The summed E-state index contributed by atoms with van der Waals surface area (Å²) in [6.45, 7) is 9.28. The predicted molar refractivity (Wildman–Crippen MR) is 198 cm³/mol. The Morgan fingerprint density at radius 1 is 0.840 bits per heavy atom. The van der Waals surface area contributed by atoms with Gasteiger partial charge >= 0.3 is 0 Å². The van der Waals surface area contributed by atoms with Crippen LogP contribution < -0.4 is 10.6 Å². The van der Waals surface area contributed by atoms with Gasteiger partial charge in [-0.2, -0.15) is 0 Å². The third-order valence-corrected chi connectivity index (χ3v) is 12.0. The van der Waals surface area contributed by atoms with E-state index in [1.54, 1.807) is 6.33 Å². The molecule has 4 fully saturated rings. The maximum Gasteiger partial charge on any atom is 0.239 e. The highest BCUT2D eigenvalue weighted by molar-refractivity contribution is 6.30. The number of ether oxygens (including phenoxy) is 1. The minimum Gasteiger partial charge on any atom is -0.375 e. The molecule has 2 atom stereocenters. The second kappa shape index (κ2) is 17.6. The van der Waals surface area contributed by atoms with Gasteiger partial charge in [0.15, 0.2) is 0 Å². The fourth-order valence-corrected chi connectivity index (χ4v) is 8.57. The molecule has 3 aliphatic heterocycles. The molecule has 2 unspecified atom stereocenters. The number of nitrogens with two attached hydrogens (primary N) is 1. The van der Waals surface area contributed by atoms with Crippen molar-refractivity contribution in [2.45, 2.75) is 108 Å². The van der Waals surface area contributed by atoms with Crippen molar-refractivity contribution >= 4 is 29.2 Å². The molecule has 7 rings (SSSR count). The third kappa shape index (κ3) is 9.55. The number of fused-ring (bicyclic) bond motifs is 1. The Hall–Kier alpha value is -2.79. The van der Waals surface area contributed by atoms with Crippen molar-refractivity contribution in [3.8, 4) is 0 Å². The van der Waals surface area contributed by atoms with Crippen LogP contribution in [0.5, 0.6) is 0 Å². The molecular formula is C39H58ClN7O3. The van der Waals surface area contributed by atoms with E-state index in [0.717, 1.165) is 115 Å². The van der Waals surface area contributed by atoms with Crippen LogP contribution in [0.15, 0.2) is 30.6 Å². The standard InChI is InChI=1S/C20H23ClN4O.C19H35N3O2/c1-14-2-7-17-19(14)20(23-13-22-17)25-10-8-24(9-11-25)18(26)12-15-3-5-16(21)6-4-15;1-21-11-7-16(8-12-21)24-17-9-13-22(14-10-17)19(23)18(20)15-5-3-2-4-6-15/h3-6,13-14H,2,7-12H2,1H3;15-18H,2-14,20H2,1H3. The van der Waals surface area contributed by atoms with Gasteiger partial charge < -0.3 is 30.1 Å². The lowest BCUT2D eigenvalue weighted by Crippen LogP contribution is -2.51. The number of hydrogen-bond donors (Lipinski definition) is 1. The molecule has 2 aliphatic carbocycles. The molecule has 1 saturated carbocycles. The summed E-state index contributed by atoms with van der Waals surface area (Å²) in [6, 6.07) is 7.22. The molecule has 0 spiro atoms. The van der Waals surface area contributed by atoms with E-state index in [-0.39, 0.29) is 17.9 Å². The van der Waals surface area contributed by atoms with E-state index in [1.807, 2.05) is 34.1 Å². The predicted octanol–water partition coefficient (Wildman–Crippen LogP) is 5.07. The van der Waals surface area contributed by atoms with Gasteiger partial charge in [-0.3, -0.25) is 9.59 Å². The van der Waals surface area contributed by atoms with Crippen LogP contribution in [-0.2, 0) is 27.2 Å². The van der Waals surface area contributed by atoms with E-state index in [2.05, 4.69) is 33.7 Å². The number of carbonyl (C=O) groups is 2. The first-order valence-electron chi connectivity index (χ1n) is 19.2. The average molecular weight is 708 g/mol. The number of carbonyl (C=O) groups excluding carboxylic acids is 2. The van der Waals surface area contributed by atoms with Crippen molar-refractivity contribution in [2.24, 2.45) is 11.7 Å². The molecule has 0 radical (unpaired) electrons. The number of piperidine rings is 2. The summed E-state index contributed by atoms with van der Waals surface area (Å²) in [5.41, 5.74) is 9.81. The molecule has 4 heterocycles. The van der Waals surface area contributed by atoms with Crippen LogP contribution in [0.1, 0.15) is 93.9 Å². The van der Waals surface area contributed by atoms with E-state index in [0.29, 0.717) is 35.5 Å². The summed E-state index contributed by atoms with van der Waals surface area (Å²) >= 11 is 5.91. The van der Waals surface area contributed by atoms with Crippen LogP contribution in [0.4, 0.5) is 5.82 Å². The normalized spacial score (nSPS) is 23.3. The van der Waals surface area contributed by atoms with Gasteiger partial charge in [0.05, 0.1) is 24.7 Å². The quantitative estimate of drug-likeness (QED) is 0.426. The van der Waals surface area contributed by atoms with E-state index in [4.69, 9.17) is 22.1 Å². The Labute approximate surface area is 304 Å². The minimum absolute atomic E-state index is 0.174. The van der Waals surface area contributed by atoms with Gasteiger partial charge in [-0.15, -0.1) is 0 Å². The monoisotopic (exact) mass is 707 g/mol. The molecule has 11 heteroatoms. The van der Waals surface area contributed by atoms with E-state index < -0.39 is 0 Å². The summed E-state index contributed by atoms with van der Waals surface area (Å²) in [5, 5.41) is 0.696. The lowest BCUT2D eigenvalue weighted by atomic mass is 9.83. The fraction of sp³-hybridized carbons (Fsp3) is 0.692. The topological polar surface area (TPSA) is 108 Å². The zero-order valence-corrected chi connectivity index (χ0v) is 31.0. The molecule has 2 aromatic rings. The zero-order chi connectivity index (χ0) is 35.0. The van der Waals surface area contributed by atoms with Crippen molar-refractivity contribution in [3.05, 3.63) is 52.4 Å². The zero-order valence-electron chi connectivity index (χ0n) is 30.3. The highest BCUT2D eigenvalue weighted by atomic mass is 35.5. The molecule has 274 valence electrons. The smallest absolute Gasteiger partial charge is 0.239 e. The molecule has 3 saturated heterocycles. The average Bonchev–Trinajstić information content (AvgIpc) is 3.54. The number of likely N-dealkylation sites (tertiary alicyclic amines) is 2. The number of halogens is 1. The SMILES string of the molecule is CC1CCc2ncnc(N3CCN(C(=O)Cc4ccc(Cl)cc4)CC3)c21.CN1CCC(OC2CCN(C(=O)C(N)C3CCCCC3)CC2)CC1. The number of aryl methyl sites for hydroxylation is 1. The van der Waals surface area contributed by atoms with E-state index in [1.165, 1.54) is 30.5 Å². The van der Waals surface area contributed by atoms with Crippen molar-refractivity contribution in [2.75, 3.05) is 64.3 Å². The third-order valence-electron chi connectivity index (χ3n) is 11.7. The van der Waals surface area contributed by atoms with Crippen molar-refractivity contribution in [1.82, 2.24) is 24.7 Å². The summed E-state index contributed by atoms with van der Waals surface area (Å²) in [7, 11) is 2.18. The van der Waals surface area contributed by atoms with Gasteiger partial charge in [0.1, 0.15) is 12.1 Å². The largest absolute Gasteiger partial charge is 0.375 e. The van der Waals surface area contributed by atoms with Gasteiger partial charge in [0, 0.05) is 68.6 Å². The number of benzene rings is 1. The van der Waals surface area contributed by atoms with E-state index in [9.17, 15) is 9.59 Å². The van der Waals surface area contributed by atoms with Gasteiger partial charge in [0.2, 0.25) is 11.8 Å². The fourth-order valence-electron chi connectivity index (χ4n) is 8.44. The first-order chi connectivity index (χ1) is 24.2. The number of amides is 2. The minimum atomic E-state index is -0.281. The summed E-state index contributed by atoms with van der Waals surface area (Å²) in [4.78, 5) is 42.9. The number of rotatable bonds is 7. The molecule has 2 amide bonds. The van der Waals surface area contributed by atoms with Crippen LogP contribution in [0.3, 0.4) is 0 Å². The second-order valence-corrected chi connectivity index (χ2v) is 15.7. The Morgan fingerprint density at radius 3 is 2.14 bits per heavy atom. The van der Waals surface area contributed by atoms with Gasteiger partial charge in [-0.25, -0.2) is 9.97 Å². The summed E-state index contributed by atoms with van der Waals surface area (Å²) in [5.74, 6) is 2.35. The molecule has 50 heavy (non-hydrogen) atoms. The van der Waals surface area contributed by atoms with Crippen LogP contribution in [-0.4, -0.2) is 114 Å². The molecule has 0 bridgehead atoms. The van der Waals surface area contributed by atoms with Gasteiger partial charge in [-0.05, 0) is 87.9 Å². The second-order valence-electron chi connectivity index (χ2n) is 15.3. The molecular weight excluding hydrogens is 650 g/mol. The maximum atomic E-state index is 12.7. The van der Waals surface area contributed by atoms with Crippen molar-refractivity contribution in [1.29, 1.82) is 0 Å². The van der Waals surface area contributed by atoms with Crippen molar-refractivity contribution < 1.29 is 14.3 Å². The Balaban J connectivity index is 0.000000174. The first-order valence-corrected chi connectivity index (χ1v) is 19.6. The lowest BCUT2D eigenvalue weighted by molar-refractivity contribution is -0.138. The Morgan fingerprint density at radius 2 is 1.48 bits per heavy atom. The number of hydrogen-bond acceptors (Lipinski definition) is 8. The molecule has 1 aromatic heterocycles. The highest BCUT2D eigenvalue weighted by Crippen LogP contribution is 2.37.